The summed E-state index contributed by atoms with van der Waals surface area (Å²) in [5, 5.41) is 4.31. The Morgan fingerprint density at radius 2 is 2.05 bits per heavy atom. The Morgan fingerprint density at radius 3 is 2.90 bits per heavy atom. The van der Waals surface area contributed by atoms with Gasteiger partial charge in [-0.1, -0.05) is 23.7 Å². The molecule has 1 aromatic heterocycles. The molecule has 0 saturated heterocycles. The smallest absolute Gasteiger partial charge is 0.106 e. The summed E-state index contributed by atoms with van der Waals surface area (Å²) in [5.41, 5.74) is 3.90. The average Bonchev–Trinajstić information content (AvgIpc) is 2.72. The van der Waals surface area contributed by atoms with Crippen LogP contribution >= 0.6 is 39.3 Å². The highest BCUT2D eigenvalue weighted by molar-refractivity contribution is 9.10. The van der Waals surface area contributed by atoms with E-state index in [1.165, 1.54) is 16.0 Å². The van der Waals surface area contributed by atoms with Gasteiger partial charge in [0, 0.05) is 10.6 Å². The Morgan fingerprint density at radius 1 is 1.19 bits per heavy atom. The quantitative estimate of drug-likeness (QED) is 0.625. The Kier molecular flexibility index (Phi) is 5.22. The fraction of sp³-hybridized carbons (Fsp3) is 0.312. The summed E-state index contributed by atoms with van der Waals surface area (Å²) in [6, 6.07) is 10.2. The predicted molar refractivity (Wildman–Crippen MR) is 93.2 cm³/mol. The molecule has 3 rings (SSSR count). The number of thioether (sulfide) groups is 1. The van der Waals surface area contributed by atoms with Crippen molar-refractivity contribution in [2.75, 3.05) is 13.1 Å². The largest absolute Gasteiger partial charge is 0.316 e. The second kappa shape index (κ2) is 7.14. The summed E-state index contributed by atoms with van der Waals surface area (Å²) in [7, 11) is 0. The first-order valence-electron chi connectivity index (χ1n) is 6.99. The zero-order valence-electron chi connectivity index (χ0n) is 11.5. The molecule has 1 aromatic carbocycles. The van der Waals surface area contributed by atoms with Gasteiger partial charge >= 0.3 is 0 Å². The van der Waals surface area contributed by atoms with E-state index in [0.717, 1.165) is 47.0 Å². The maximum absolute atomic E-state index is 6.44. The molecule has 0 saturated carbocycles. The van der Waals surface area contributed by atoms with E-state index in [1.807, 2.05) is 18.2 Å². The number of halogens is 2. The summed E-state index contributed by atoms with van der Waals surface area (Å²) < 4.78 is 0.878. The highest BCUT2D eigenvalue weighted by Crippen LogP contribution is 2.35. The van der Waals surface area contributed by atoms with Crippen molar-refractivity contribution in [3.63, 3.8) is 0 Å². The summed E-state index contributed by atoms with van der Waals surface area (Å²) >= 11 is 11.6. The Bertz CT molecular complexity index is 648. The van der Waals surface area contributed by atoms with Gasteiger partial charge in [0.25, 0.3) is 0 Å². The van der Waals surface area contributed by atoms with Crippen LogP contribution in [0.15, 0.2) is 39.8 Å². The molecule has 0 bridgehead atoms. The van der Waals surface area contributed by atoms with Crippen molar-refractivity contribution in [2.45, 2.75) is 23.5 Å². The maximum Gasteiger partial charge on any atom is 0.106 e. The third-order valence-electron chi connectivity index (χ3n) is 3.57. The van der Waals surface area contributed by atoms with E-state index < -0.39 is 0 Å². The number of hydrogen-bond donors (Lipinski definition) is 1. The molecule has 0 fully saturated rings. The summed E-state index contributed by atoms with van der Waals surface area (Å²) in [6.45, 7) is 2.07. The summed E-state index contributed by atoms with van der Waals surface area (Å²) in [4.78, 5) is 5.71. The van der Waals surface area contributed by atoms with Gasteiger partial charge in [-0.25, -0.2) is 4.98 Å². The fourth-order valence-electron chi connectivity index (χ4n) is 2.54. The van der Waals surface area contributed by atoms with Crippen LogP contribution in [0.4, 0.5) is 0 Å². The van der Waals surface area contributed by atoms with Crippen LogP contribution in [0.5, 0.6) is 0 Å². The van der Waals surface area contributed by atoms with Crippen LogP contribution in [0.3, 0.4) is 0 Å². The number of nitrogens with one attached hydrogen (secondary N) is 1. The molecule has 0 radical (unpaired) electrons. The minimum absolute atomic E-state index is 0.836. The van der Waals surface area contributed by atoms with E-state index >= 15 is 0 Å². The van der Waals surface area contributed by atoms with Crippen LogP contribution in [-0.2, 0) is 18.6 Å². The lowest BCUT2D eigenvalue weighted by molar-refractivity contribution is 0.709. The number of rotatable bonds is 3. The van der Waals surface area contributed by atoms with Gasteiger partial charge in [-0.2, -0.15) is 0 Å². The van der Waals surface area contributed by atoms with E-state index in [1.54, 1.807) is 11.8 Å². The molecule has 1 N–H and O–H groups in total. The van der Waals surface area contributed by atoms with Crippen molar-refractivity contribution >= 4 is 39.3 Å². The number of benzene rings is 1. The highest BCUT2D eigenvalue weighted by atomic mass is 79.9. The molecule has 0 amide bonds. The highest BCUT2D eigenvalue weighted by Gasteiger charge is 2.15. The first-order valence-corrected chi connectivity index (χ1v) is 9.15. The third-order valence-corrected chi connectivity index (χ3v) is 5.63. The standard InChI is InChI=1S/C16H16BrClN2S/c17-15-3-1-2-12(20-15)10-21-16-13-7-9-19-8-6-11(13)4-5-14(16)18/h1-5,19H,6-10H2. The van der Waals surface area contributed by atoms with Gasteiger partial charge in [-0.15, -0.1) is 11.8 Å². The molecule has 2 heterocycles. The molecule has 0 atom stereocenters. The van der Waals surface area contributed by atoms with E-state index in [2.05, 4.69) is 38.4 Å². The van der Waals surface area contributed by atoms with Crippen molar-refractivity contribution in [2.24, 2.45) is 0 Å². The Hall–Kier alpha value is -0.550. The lowest BCUT2D eigenvalue weighted by Gasteiger charge is -2.13. The molecule has 21 heavy (non-hydrogen) atoms. The molecule has 2 nitrogen and oxygen atoms in total. The summed E-state index contributed by atoms with van der Waals surface area (Å²) in [5.74, 6) is 0.836. The monoisotopic (exact) mass is 382 g/mol. The SMILES string of the molecule is Clc1ccc2c(c1SCc1cccc(Br)n1)CCNCC2. The predicted octanol–water partition coefficient (Wildman–Crippen LogP) is 4.48. The number of nitrogens with zero attached hydrogens (tertiary/aromatic N) is 1. The lowest BCUT2D eigenvalue weighted by atomic mass is 10.0. The molecule has 0 spiro atoms. The fourth-order valence-corrected chi connectivity index (χ4v) is 4.33. The first-order chi connectivity index (χ1) is 10.2. The number of hydrogen-bond acceptors (Lipinski definition) is 3. The van der Waals surface area contributed by atoms with Gasteiger partial charge in [0.1, 0.15) is 4.60 Å². The molecular weight excluding hydrogens is 368 g/mol. The van der Waals surface area contributed by atoms with Crippen molar-refractivity contribution in [3.05, 3.63) is 56.8 Å². The van der Waals surface area contributed by atoms with Gasteiger partial charge in [-0.05, 0) is 71.2 Å². The minimum Gasteiger partial charge on any atom is -0.316 e. The van der Waals surface area contributed by atoms with E-state index in [9.17, 15) is 0 Å². The maximum atomic E-state index is 6.44. The van der Waals surface area contributed by atoms with Crippen molar-refractivity contribution in [3.8, 4) is 0 Å². The second-order valence-corrected chi connectivity index (χ2v) is 7.21. The van der Waals surface area contributed by atoms with E-state index in [4.69, 9.17) is 11.6 Å². The number of pyridine rings is 1. The zero-order chi connectivity index (χ0) is 14.7. The molecule has 1 aliphatic heterocycles. The molecule has 5 heteroatoms. The minimum atomic E-state index is 0.836. The van der Waals surface area contributed by atoms with Crippen LogP contribution in [0.2, 0.25) is 5.02 Å². The first kappa shape index (κ1) is 15.3. The Balaban J connectivity index is 1.84. The molecule has 2 aromatic rings. The molecule has 1 aliphatic rings. The van der Waals surface area contributed by atoms with Gasteiger partial charge in [0.2, 0.25) is 0 Å². The van der Waals surface area contributed by atoms with Crippen molar-refractivity contribution in [1.82, 2.24) is 10.3 Å². The van der Waals surface area contributed by atoms with Gasteiger partial charge in [0.15, 0.2) is 0 Å². The van der Waals surface area contributed by atoms with Crippen LogP contribution in [0.1, 0.15) is 16.8 Å². The van der Waals surface area contributed by atoms with Crippen LogP contribution < -0.4 is 5.32 Å². The van der Waals surface area contributed by atoms with Gasteiger partial charge in [-0.3, -0.25) is 0 Å². The van der Waals surface area contributed by atoms with Gasteiger partial charge in [0.05, 0.1) is 10.7 Å². The van der Waals surface area contributed by atoms with Crippen LogP contribution in [0, 0.1) is 0 Å². The zero-order valence-corrected chi connectivity index (χ0v) is 14.7. The van der Waals surface area contributed by atoms with Gasteiger partial charge < -0.3 is 5.32 Å². The number of aromatic nitrogens is 1. The third kappa shape index (κ3) is 3.81. The normalized spacial score (nSPS) is 14.6. The molecule has 0 aliphatic carbocycles. The van der Waals surface area contributed by atoms with Crippen LogP contribution in [0.25, 0.3) is 0 Å². The average molecular weight is 384 g/mol. The van der Waals surface area contributed by atoms with E-state index in [-0.39, 0.29) is 0 Å². The van der Waals surface area contributed by atoms with E-state index in [0.29, 0.717) is 0 Å². The second-order valence-electron chi connectivity index (χ2n) is 5.00. The molecule has 110 valence electrons. The van der Waals surface area contributed by atoms with Crippen molar-refractivity contribution in [1.29, 1.82) is 0 Å². The molecular formula is C16H16BrClN2S. The molecule has 0 unspecified atom stereocenters. The van der Waals surface area contributed by atoms with Crippen molar-refractivity contribution < 1.29 is 0 Å². The summed E-state index contributed by atoms with van der Waals surface area (Å²) in [6.07, 6.45) is 2.12. The number of fused-ring (bicyclic) bond motifs is 1. The lowest BCUT2D eigenvalue weighted by Crippen LogP contribution is -2.16. The van der Waals surface area contributed by atoms with Crippen LogP contribution in [-0.4, -0.2) is 18.1 Å². The topological polar surface area (TPSA) is 24.9 Å². The Labute approximate surface area is 142 Å².